The number of carbonyl (C=O) groups is 3. The molecule has 0 aliphatic carbocycles. The lowest BCUT2D eigenvalue weighted by atomic mass is 10.0. The third-order valence-electron chi connectivity index (χ3n) is 2.74. The van der Waals surface area contributed by atoms with E-state index in [1.54, 1.807) is 13.8 Å². The first-order valence-corrected chi connectivity index (χ1v) is 7.41. The molecule has 0 saturated carbocycles. The SMILES string of the molecule is CCCC(=O)ON(OC(=O)CCC)OC(=O)C(CC)CC. The van der Waals surface area contributed by atoms with Gasteiger partial charge in [0.2, 0.25) is 5.39 Å². The van der Waals surface area contributed by atoms with Gasteiger partial charge < -0.3 is 14.5 Å². The summed E-state index contributed by atoms with van der Waals surface area (Å²) < 4.78 is 0. The summed E-state index contributed by atoms with van der Waals surface area (Å²) in [4.78, 5) is 49.0. The van der Waals surface area contributed by atoms with E-state index in [0.717, 1.165) is 0 Å². The summed E-state index contributed by atoms with van der Waals surface area (Å²) in [5.74, 6) is -2.23. The van der Waals surface area contributed by atoms with E-state index >= 15 is 0 Å². The molecular formula is C14H25NO6. The van der Waals surface area contributed by atoms with Crippen LogP contribution in [0.25, 0.3) is 0 Å². The highest BCUT2D eigenvalue weighted by Crippen LogP contribution is 2.12. The predicted molar refractivity (Wildman–Crippen MR) is 74.0 cm³/mol. The molecule has 0 spiro atoms. The highest BCUT2D eigenvalue weighted by atomic mass is 17.2. The molecule has 122 valence electrons. The van der Waals surface area contributed by atoms with Gasteiger partial charge in [-0.05, 0) is 25.7 Å². The van der Waals surface area contributed by atoms with Crippen molar-refractivity contribution in [3.05, 3.63) is 0 Å². The lowest BCUT2D eigenvalue weighted by Crippen LogP contribution is -2.34. The van der Waals surface area contributed by atoms with Crippen LogP contribution >= 0.6 is 0 Å². The summed E-state index contributed by atoms with van der Waals surface area (Å²) in [6, 6.07) is 0. The molecule has 0 saturated heterocycles. The molecule has 0 unspecified atom stereocenters. The van der Waals surface area contributed by atoms with Gasteiger partial charge in [0.25, 0.3) is 0 Å². The minimum atomic E-state index is -0.640. The highest BCUT2D eigenvalue weighted by Gasteiger charge is 2.25. The van der Waals surface area contributed by atoms with E-state index < -0.39 is 17.9 Å². The quantitative estimate of drug-likeness (QED) is 0.574. The fourth-order valence-electron chi connectivity index (χ4n) is 1.49. The zero-order valence-corrected chi connectivity index (χ0v) is 13.2. The third kappa shape index (κ3) is 8.29. The summed E-state index contributed by atoms with van der Waals surface area (Å²) in [5.41, 5.74) is 0. The zero-order chi connectivity index (χ0) is 16.3. The van der Waals surface area contributed by atoms with Crippen molar-refractivity contribution in [2.45, 2.75) is 66.2 Å². The number of carbonyl (C=O) groups excluding carboxylic acids is 3. The molecule has 0 aromatic carbocycles. The number of nitrogens with zero attached hydrogens (tertiary/aromatic N) is 1. The molecule has 0 amide bonds. The fraction of sp³-hybridized carbons (Fsp3) is 0.786. The fourth-order valence-corrected chi connectivity index (χ4v) is 1.49. The summed E-state index contributed by atoms with van der Waals surface area (Å²) in [6.45, 7) is 7.27. The molecule has 0 N–H and O–H groups in total. The molecule has 0 rings (SSSR count). The van der Waals surface area contributed by atoms with Crippen LogP contribution in [0.3, 0.4) is 0 Å². The minimum absolute atomic E-state index is 0.129. The van der Waals surface area contributed by atoms with Crippen molar-refractivity contribution in [3.63, 3.8) is 0 Å². The Hall–Kier alpha value is -1.63. The van der Waals surface area contributed by atoms with Crippen molar-refractivity contribution in [3.8, 4) is 0 Å². The van der Waals surface area contributed by atoms with Crippen LogP contribution in [0.2, 0.25) is 0 Å². The molecule has 0 fully saturated rings. The van der Waals surface area contributed by atoms with E-state index in [0.29, 0.717) is 25.7 Å². The van der Waals surface area contributed by atoms with Crippen molar-refractivity contribution >= 4 is 17.9 Å². The summed E-state index contributed by atoms with van der Waals surface area (Å²) in [5, 5.41) is 0.233. The van der Waals surface area contributed by atoms with E-state index in [1.807, 2.05) is 13.8 Å². The van der Waals surface area contributed by atoms with Crippen LogP contribution in [0.5, 0.6) is 0 Å². The van der Waals surface area contributed by atoms with Gasteiger partial charge in [-0.1, -0.05) is 27.7 Å². The Bertz CT molecular complexity index is 320. The number of hydrogen-bond acceptors (Lipinski definition) is 7. The normalized spacial score (nSPS) is 10.6. The van der Waals surface area contributed by atoms with Gasteiger partial charge in [0.1, 0.15) is 0 Å². The Kier molecular flexibility index (Phi) is 10.2. The lowest BCUT2D eigenvalue weighted by molar-refractivity contribution is -0.465. The van der Waals surface area contributed by atoms with E-state index in [4.69, 9.17) is 14.5 Å². The van der Waals surface area contributed by atoms with Crippen LogP contribution in [0, 0.1) is 5.92 Å². The Morgan fingerprint density at radius 2 is 1.24 bits per heavy atom. The average Bonchev–Trinajstić information content (AvgIpc) is 2.40. The van der Waals surface area contributed by atoms with E-state index in [1.165, 1.54) is 0 Å². The molecule has 7 nitrogen and oxygen atoms in total. The second-order valence-electron chi connectivity index (χ2n) is 4.57. The van der Waals surface area contributed by atoms with Gasteiger partial charge in [0, 0.05) is 12.8 Å². The van der Waals surface area contributed by atoms with Crippen LogP contribution in [0.4, 0.5) is 0 Å². The van der Waals surface area contributed by atoms with Crippen LogP contribution in [0.15, 0.2) is 0 Å². The van der Waals surface area contributed by atoms with Crippen LogP contribution in [-0.2, 0) is 28.9 Å². The Morgan fingerprint density at radius 1 is 0.810 bits per heavy atom. The first-order chi connectivity index (χ1) is 9.98. The molecule has 0 aliphatic rings. The molecule has 0 aromatic rings. The standard InChI is InChI=1S/C14H25NO6/c1-5-9-12(16)19-15(20-13(17)10-6-2)21-14(18)11(7-3)8-4/h11H,5-10H2,1-4H3. The summed E-state index contributed by atoms with van der Waals surface area (Å²) in [7, 11) is 0. The molecule has 21 heavy (non-hydrogen) atoms. The lowest BCUT2D eigenvalue weighted by Gasteiger charge is -2.19. The monoisotopic (exact) mass is 303 g/mol. The van der Waals surface area contributed by atoms with Gasteiger partial charge in [-0.15, -0.1) is 0 Å². The molecular weight excluding hydrogens is 278 g/mol. The maximum atomic E-state index is 11.8. The Labute approximate surface area is 125 Å². The molecule has 0 aromatic heterocycles. The van der Waals surface area contributed by atoms with E-state index in [9.17, 15) is 14.4 Å². The summed E-state index contributed by atoms with van der Waals surface area (Å²) >= 11 is 0. The van der Waals surface area contributed by atoms with Crippen molar-refractivity contribution < 1.29 is 28.9 Å². The van der Waals surface area contributed by atoms with Gasteiger partial charge in [0.05, 0.1) is 5.92 Å². The van der Waals surface area contributed by atoms with Crippen molar-refractivity contribution in [1.29, 1.82) is 0 Å². The molecule has 0 bridgehead atoms. The smallest absolute Gasteiger partial charge is 0.300 e. The van der Waals surface area contributed by atoms with Crippen molar-refractivity contribution in [1.82, 2.24) is 5.39 Å². The minimum Gasteiger partial charge on any atom is -0.300 e. The second kappa shape index (κ2) is 11.1. The van der Waals surface area contributed by atoms with Crippen molar-refractivity contribution in [2.24, 2.45) is 5.92 Å². The molecule has 0 heterocycles. The number of rotatable bonds is 10. The maximum absolute atomic E-state index is 11.8. The molecule has 7 heteroatoms. The van der Waals surface area contributed by atoms with Crippen LogP contribution in [-0.4, -0.2) is 23.3 Å². The topological polar surface area (TPSA) is 82.1 Å². The van der Waals surface area contributed by atoms with Gasteiger partial charge in [0.15, 0.2) is 0 Å². The zero-order valence-electron chi connectivity index (χ0n) is 13.2. The van der Waals surface area contributed by atoms with E-state index in [2.05, 4.69) is 0 Å². The first-order valence-electron chi connectivity index (χ1n) is 7.41. The number of hydrogen-bond donors (Lipinski definition) is 0. The Balaban J connectivity index is 4.66. The molecule has 0 radical (unpaired) electrons. The highest BCUT2D eigenvalue weighted by molar-refractivity contribution is 5.73. The summed E-state index contributed by atoms with van der Waals surface area (Å²) in [6.07, 6.45) is 2.55. The average molecular weight is 303 g/mol. The third-order valence-corrected chi connectivity index (χ3v) is 2.74. The maximum Gasteiger partial charge on any atom is 0.335 e. The van der Waals surface area contributed by atoms with Gasteiger partial charge in [-0.3, -0.25) is 9.59 Å². The van der Waals surface area contributed by atoms with Crippen LogP contribution < -0.4 is 0 Å². The molecule has 0 atom stereocenters. The van der Waals surface area contributed by atoms with Crippen molar-refractivity contribution in [2.75, 3.05) is 0 Å². The molecule has 0 aliphatic heterocycles. The predicted octanol–water partition coefficient (Wildman–Crippen LogP) is 2.70. The Morgan fingerprint density at radius 3 is 1.57 bits per heavy atom. The second-order valence-corrected chi connectivity index (χ2v) is 4.57. The largest absolute Gasteiger partial charge is 0.335 e. The van der Waals surface area contributed by atoms with Gasteiger partial charge >= 0.3 is 17.9 Å². The van der Waals surface area contributed by atoms with Gasteiger partial charge in [-0.25, -0.2) is 4.79 Å². The van der Waals surface area contributed by atoms with Crippen LogP contribution in [0.1, 0.15) is 66.2 Å². The van der Waals surface area contributed by atoms with Gasteiger partial charge in [-0.2, -0.15) is 0 Å². The first kappa shape index (κ1) is 19.4. The van der Waals surface area contributed by atoms with E-state index in [-0.39, 0.29) is 24.1 Å².